The van der Waals surface area contributed by atoms with Crippen molar-refractivity contribution in [2.24, 2.45) is 0 Å². The molecule has 0 aliphatic heterocycles. The highest BCUT2D eigenvalue weighted by molar-refractivity contribution is 5.69. The van der Waals surface area contributed by atoms with Crippen molar-refractivity contribution in [3.63, 3.8) is 0 Å². The molecule has 2 heteroatoms. The molecule has 0 N–H and O–H groups in total. The van der Waals surface area contributed by atoms with E-state index in [1.165, 1.54) is 11.1 Å². The Morgan fingerprint density at radius 3 is 1.89 bits per heavy atom. The highest BCUT2D eigenvalue weighted by atomic mass is 16.5. The molecule has 2 aromatic rings. The first-order chi connectivity index (χ1) is 9.34. The number of aryl methyl sites for hydroxylation is 1. The molecule has 0 saturated carbocycles. The van der Waals surface area contributed by atoms with Gasteiger partial charge in [-0.25, -0.2) is 0 Å². The van der Waals surface area contributed by atoms with Crippen LogP contribution in [0.5, 0.6) is 0 Å². The molecule has 2 rings (SSSR count). The normalized spacial score (nSPS) is 10.1. The van der Waals surface area contributed by atoms with E-state index in [-0.39, 0.29) is 5.97 Å². The van der Waals surface area contributed by atoms with Gasteiger partial charge in [-0.1, -0.05) is 60.7 Å². The molecule has 0 atom stereocenters. The van der Waals surface area contributed by atoms with Crippen molar-refractivity contribution in [2.75, 3.05) is 6.61 Å². The Bertz CT molecular complexity index is 491. The van der Waals surface area contributed by atoms with E-state index < -0.39 is 0 Å². The van der Waals surface area contributed by atoms with Gasteiger partial charge in [0.05, 0.1) is 6.61 Å². The number of hydrogen-bond donors (Lipinski definition) is 0. The molecule has 0 spiro atoms. The summed E-state index contributed by atoms with van der Waals surface area (Å²) in [7, 11) is 0. The van der Waals surface area contributed by atoms with Crippen molar-refractivity contribution in [3.05, 3.63) is 71.8 Å². The van der Waals surface area contributed by atoms with Gasteiger partial charge in [0.1, 0.15) is 0 Å². The number of carbonyl (C=O) groups excluding carboxylic acids is 1. The molecule has 0 saturated heterocycles. The highest BCUT2D eigenvalue weighted by Gasteiger charge is 2.03. The molecule has 19 heavy (non-hydrogen) atoms. The van der Waals surface area contributed by atoms with E-state index in [0.717, 1.165) is 12.8 Å². The lowest BCUT2D eigenvalue weighted by atomic mass is 10.1. The second kappa shape index (κ2) is 7.37. The van der Waals surface area contributed by atoms with Crippen molar-refractivity contribution in [1.82, 2.24) is 0 Å². The smallest absolute Gasteiger partial charge is 0.306 e. The molecule has 2 aromatic carbocycles. The Kier molecular flexibility index (Phi) is 5.17. The van der Waals surface area contributed by atoms with E-state index in [0.29, 0.717) is 13.0 Å². The van der Waals surface area contributed by atoms with E-state index in [9.17, 15) is 4.79 Å². The van der Waals surface area contributed by atoms with Crippen molar-refractivity contribution in [3.8, 4) is 0 Å². The fourth-order valence-electron chi connectivity index (χ4n) is 1.89. The van der Waals surface area contributed by atoms with Gasteiger partial charge in [-0.3, -0.25) is 4.79 Å². The molecule has 98 valence electrons. The lowest BCUT2D eigenvalue weighted by molar-refractivity contribution is -0.143. The van der Waals surface area contributed by atoms with Gasteiger partial charge in [0.25, 0.3) is 0 Å². The monoisotopic (exact) mass is 254 g/mol. The molecule has 0 fully saturated rings. The van der Waals surface area contributed by atoms with Crippen LogP contribution in [0.1, 0.15) is 17.5 Å². The lowest BCUT2D eigenvalue weighted by Crippen LogP contribution is -2.08. The van der Waals surface area contributed by atoms with E-state index in [4.69, 9.17) is 4.74 Å². The second-order valence-corrected chi connectivity index (χ2v) is 4.44. The molecule has 0 aliphatic rings. The minimum atomic E-state index is -0.125. The van der Waals surface area contributed by atoms with Crippen LogP contribution in [0.15, 0.2) is 60.7 Å². The lowest BCUT2D eigenvalue weighted by Gasteiger charge is -2.05. The third-order valence-electron chi connectivity index (χ3n) is 2.96. The summed E-state index contributed by atoms with van der Waals surface area (Å²) in [5.74, 6) is -0.125. The molecule has 0 aromatic heterocycles. The second-order valence-electron chi connectivity index (χ2n) is 4.44. The fourth-order valence-corrected chi connectivity index (χ4v) is 1.89. The summed E-state index contributed by atoms with van der Waals surface area (Å²) >= 11 is 0. The van der Waals surface area contributed by atoms with Crippen LogP contribution in [0.3, 0.4) is 0 Å². The van der Waals surface area contributed by atoms with Crippen LogP contribution < -0.4 is 0 Å². The first-order valence-electron chi connectivity index (χ1n) is 6.58. The summed E-state index contributed by atoms with van der Waals surface area (Å²) in [5, 5.41) is 0. The third-order valence-corrected chi connectivity index (χ3v) is 2.96. The van der Waals surface area contributed by atoms with E-state index in [1.54, 1.807) is 0 Å². The maximum absolute atomic E-state index is 11.6. The minimum Gasteiger partial charge on any atom is -0.465 e. The third kappa shape index (κ3) is 4.96. The van der Waals surface area contributed by atoms with Crippen molar-refractivity contribution in [1.29, 1.82) is 0 Å². The maximum Gasteiger partial charge on any atom is 0.306 e. The number of benzene rings is 2. The van der Waals surface area contributed by atoms with Gasteiger partial charge >= 0.3 is 5.97 Å². The molecule has 0 unspecified atom stereocenters. The van der Waals surface area contributed by atoms with Crippen LogP contribution in [0.25, 0.3) is 0 Å². The van der Waals surface area contributed by atoms with Gasteiger partial charge < -0.3 is 4.74 Å². The SMILES string of the molecule is O=C(CCc1ccccc1)OCCc1ccccc1. The molecule has 0 aliphatic carbocycles. The van der Waals surface area contributed by atoms with Gasteiger partial charge in [-0.05, 0) is 17.5 Å². The van der Waals surface area contributed by atoms with E-state index in [1.807, 2.05) is 60.7 Å². The molecule has 0 radical (unpaired) electrons. The van der Waals surface area contributed by atoms with Gasteiger partial charge in [0.15, 0.2) is 0 Å². The standard InChI is InChI=1S/C17H18O2/c18-17(12-11-15-7-3-1-4-8-15)19-14-13-16-9-5-2-6-10-16/h1-10H,11-14H2. The molecule has 0 heterocycles. The average molecular weight is 254 g/mol. The number of hydrogen-bond acceptors (Lipinski definition) is 2. The van der Waals surface area contributed by atoms with Gasteiger partial charge in [-0.15, -0.1) is 0 Å². The highest BCUT2D eigenvalue weighted by Crippen LogP contribution is 2.04. The minimum absolute atomic E-state index is 0.125. The largest absolute Gasteiger partial charge is 0.465 e. The van der Waals surface area contributed by atoms with Crippen LogP contribution in [-0.4, -0.2) is 12.6 Å². The van der Waals surface area contributed by atoms with Crippen LogP contribution in [0.2, 0.25) is 0 Å². The first-order valence-corrected chi connectivity index (χ1v) is 6.58. The quantitative estimate of drug-likeness (QED) is 0.738. The molecular formula is C17H18O2. The zero-order valence-corrected chi connectivity index (χ0v) is 10.9. The van der Waals surface area contributed by atoms with Gasteiger partial charge in [0, 0.05) is 12.8 Å². The molecule has 0 bridgehead atoms. The van der Waals surface area contributed by atoms with Crippen LogP contribution in [-0.2, 0) is 22.4 Å². The summed E-state index contributed by atoms with van der Waals surface area (Å²) in [6, 6.07) is 20.0. The van der Waals surface area contributed by atoms with Crippen molar-refractivity contribution in [2.45, 2.75) is 19.3 Å². The van der Waals surface area contributed by atoms with Crippen LogP contribution >= 0.6 is 0 Å². The van der Waals surface area contributed by atoms with E-state index in [2.05, 4.69) is 0 Å². The Morgan fingerprint density at radius 2 is 1.32 bits per heavy atom. The van der Waals surface area contributed by atoms with Gasteiger partial charge in [0.2, 0.25) is 0 Å². The number of ether oxygens (including phenoxy) is 1. The summed E-state index contributed by atoms with van der Waals surface area (Å²) in [6.45, 7) is 0.456. The predicted octanol–water partition coefficient (Wildman–Crippen LogP) is 3.41. The molecule has 2 nitrogen and oxygen atoms in total. The Morgan fingerprint density at radius 1 is 0.789 bits per heavy atom. The first kappa shape index (κ1) is 13.3. The Balaban J connectivity index is 1.65. The van der Waals surface area contributed by atoms with Gasteiger partial charge in [-0.2, -0.15) is 0 Å². The molecular weight excluding hydrogens is 236 g/mol. The number of carbonyl (C=O) groups is 1. The van der Waals surface area contributed by atoms with Crippen LogP contribution in [0.4, 0.5) is 0 Å². The fraction of sp³-hybridized carbons (Fsp3) is 0.235. The van der Waals surface area contributed by atoms with Crippen molar-refractivity contribution >= 4 is 5.97 Å². The zero-order valence-electron chi connectivity index (χ0n) is 10.9. The van der Waals surface area contributed by atoms with Crippen molar-refractivity contribution < 1.29 is 9.53 Å². The Hall–Kier alpha value is -2.09. The summed E-state index contributed by atoms with van der Waals surface area (Å²) in [4.78, 5) is 11.6. The summed E-state index contributed by atoms with van der Waals surface area (Å²) in [5.41, 5.74) is 2.36. The zero-order chi connectivity index (χ0) is 13.3. The van der Waals surface area contributed by atoms with E-state index >= 15 is 0 Å². The van der Waals surface area contributed by atoms with Crippen LogP contribution in [0, 0.1) is 0 Å². The summed E-state index contributed by atoms with van der Waals surface area (Å²) < 4.78 is 5.23. The number of esters is 1. The maximum atomic E-state index is 11.6. The Labute approximate surface area is 114 Å². The summed E-state index contributed by atoms with van der Waals surface area (Å²) in [6.07, 6.45) is 1.96. The molecule has 0 amide bonds. The topological polar surface area (TPSA) is 26.3 Å². The average Bonchev–Trinajstić information content (AvgIpc) is 2.47. The number of rotatable bonds is 6. The predicted molar refractivity (Wildman–Crippen MR) is 75.9 cm³/mol.